The van der Waals surface area contributed by atoms with Gasteiger partial charge in [-0.05, 0) is 23.3 Å². The van der Waals surface area contributed by atoms with Crippen molar-refractivity contribution in [2.24, 2.45) is 0 Å². The molecule has 1 atom stereocenters. The zero-order valence-corrected chi connectivity index (χ0v) is 13.6. The number of rotatable bonds is 7. The normalized spacial score (nSPS) is 11.9. The van der Waals surface area contributed by atoms with Gasteiger partial charge in [-0.2, -0.15) is 0 Å². The van der Waals surface area contributed by atoms with Crippen LogP contribution >= 0.6 is 23.4 Å². The molecule has 0 aromatic heterocycles. The lowest BCUT2D eigenvalue weighted by molar-refractivity contribution is -0.119. The number of hydrogen-bond acceptors (Lipinski definition) is 3. The molecule has 5 heteroatoms. The summed E-state index contributed by atoms with van der Waals surface area (Å²) in [6.45, 7) is -0.113. The van der Waals surface area contributed by atoms with Crippen LogP contribution in [0.1, 0.15) is 17.2 Å². The number of thioether (sulfide) groups is 1. The summed E-state index contributed by atoms with van der Waals surface area (Å²) in [6.07, 6.45) is 0. The van der Waals surface area contributed by atoms with Crippen LogP contribution in [0.5, 0.6) is 0 Å². The predicted octanol–water partition coefficient (Wildman–Crippen LogP) is 3.42. The van der Waals surface area contributed by atoms with E-state index >= 15 is 0 Å². The van der Waals surface area contributed by atoms with Gasteiger partial charge >= 0.3 is 0 Å². The van der Waals surface area contributed by atoms with Crippen LogP contribution in [0.15, 0.2) is 54.6 Å². The van der Waals surface area contributed by atoms with Crippen molar-refractivity contribution in [3.8, 4) is 0 Å². The molecule has 0 aliphatic carbocycles. The third-order valence-corrected chi connectivity index (χ3v) is 4.39. The Kier molecular flexibility index (Phi) is 6.77. The largest absolute Gasteiger partial charge is 0.394 e. The van der Waals surface area contributed by atoms with Gasteiger partial charge in [0.05, 0.1) is 18.4 Å². The fraction of sp³-hybridized carbons (Fsp3) is 0.235. The van der Waals surface area contributed by atoms with E-state index in [-0.39, 0.29) is 18.6 Å². The zero-order valence-electron chi connectivity index (χ0n) is 12.0. The highest BCUT2D eigenvalue weighted by Crippen LogP contribution is 2.16. The molecule has 1 amide bonds. The topological polar surface area (TPSA) is 49.3 Å². The third-order valence-electron chi connectivity index (χ3n) is 3.13. The highest BCUT2D eigenvalue weighted by molar-refractivity contribution is 7.99. The maximum atomic E-state index is 12.0. The standard InChI is InChI=1S/C17H18ClNO2S/c18-15-8-6-13(7-9-15)11-22-12-17(21)19-16(10-20)14-4-2-1-3-5-14/h1-9,16,20H,10-12H2,(H,19,21). The number of aliphatic hydroxyl groups excluding tert-OH is 1. The molecular weight excluding hydrogens is 318 g/mol. The van der Waals surface area contributed by atoms with E-state index in [1.165, 1.54) is 11.8 Å². The number of aliphatic hydroxyl groups is 1. The molecule has 2 rings (SSSR count). The van der Waals surface area contributed by atoms with Crippen LogP contribution in [0.25, 0.3) is 0 Å². The van der Waals surface area contributed by atoms with E-state index in [9.17, 15) is 9.90 Å². The summed E-state index contributed by atoms with van der Waals surface area (Å²) in [4.78, 5) is 12.0. The molecule has 22 heavy (non-hydrogen) atoms. The molecule has 0 aliphatic heterocycles. The lowest BCUT2D eigenvalue weighted by Gasteiger charge is -2.16. The van der Waals surface area contributed by atoms with Crippen molar-refractivity contribution >= 4 is 29.3 Å². The van der Waals surface area contributed by atoms with Gasteiger partial charge in [-0.15, -0.1) is 11.8 Å². The Morgan fingerprint density at radius 1 is 1.14 bits per heavy atom. The maximum absolute atomic E-state index is 12.0. The van der Waals surface area contributed by atoms with E-state index < -0.39 is 0 Å². The number of carbonyl (C=O) groups excluding carboxylic acids is 1. The van der Waals surface area contributed by atoms with Gasteiger partial charge in [-0.25, -0.2) is 0 Å². The molecule has 0 aliphatic rings. The van der Waals surface area contributed by atoms with Gasteiger partial charge in [0.15, 0.2) is 0 Å². The van der Waals surface area contributed by atoms with Crippen LogP contribution in [0.3, 0.4) is 0 Å². The Morgan fingerprint density at radius 3 is 2.45 bits per heavy atom. The molecule has 2 N–H and O–H groups in total. The van der Waals surface area contributed by atoms with Crippen molar-refractivity contribution in [1.29, 1.82) is 0 Å². The molecule has 2 aromatic carbocycles. The lowest BCUT2D eigenvalue weighted by Crippen LogP contribution is -2.32. The molecule has 116 valence electrons. The van der Waals surface area contributed by atoms with E-state index in [4.69, 9.17) is 11.6 Å². The Hall–Kier alpha value is -1.49. The van der Waals surface area contributed by atoms with Crippen molar-refractivity contribution in [3.63, 3.8) is 0 Å². The molecule has 0 saturated carbocycles. The van der Waals surface area contributed by atoms with Gasteiger partial charge in [0.25, 0.3) is 0 Å². The molecule has 3 nitrogen and oxygen atoms in total. The summed E-state index contributed by atoms with van der Waals surface area (Å²) in [5.41, 5.74) is 2.03. The fourth-order valence-corrected chi connectivity index (χ4v) is 2.92. The molecule has 0 heterocycles. The molecule has 0 saturated heterocycles. The zero-order chi connectivity index (χ0) is 15.8. The van der Waals surface area contributed by atoms with E-state index in [0.29, 0.717) is 10.8 Å². The molecule has 0 radical (unpaired) electrons. The SMILES string of the molecule is O=C(CSCc1ccc(Cl)cc1)NC(CO)c1ccccc1. The summed E-state index contributed by atoms with van der Waals surface area (Å²) < 4.78 is 0. The summed E-state index contributed by atoms with van der Waals surface area (Å²) >= 11 is 7.36. The maximum Gasteiger partial charge on any atom is 0.230 e. The average Bonchev–Trinajstić information content (AvgIpc) is 2.55. The first-order valence-electron chi connectivity index (χ1n) is 6.96. The first-order valence-corrected chi connectivity index (χ1v) is 8.49. The second-order valence-corrected chi connectivity index (χ2v) is 6.25. The third kappa shape index (κ3) is 5.37. The molecular formula is C17H18ClNO2S. The van der Waals surface area contributed by atoms with Crippen LogP contribution < -0.4 is 5.32 Å². The second kappa shape index (κ2) is 8.83. The van der Waals surface area contributed by atoms with Gasteiger partial charge in [-0.1, -0.05) is 54.1 Å². The van der Waals surface area contributed by atoms with Crippen molar-refractivity contribution in [2.75, 3.05) is 12.4 Å². The lowest BCUT2D eigenvalue weighted by atomic mass is 10.1. The number of halogens is 1. The Labute approximate surface area is 139 Å². The molecule has 2 aromatic rings. The van der Waals surface area contributed by atoms with Crippen molar-refractivity contribution < 1.29 is 9.90 Å². The smallest absolute Gasteiger partial charge is 0.230 e. The summed E-state index contributed by atoms with van der Waals surface area (Å²) in [6, 6.07) is 16.7. The first-order chi connectivity index (χ1) is 10.7. The molecule has 0 fully saturated rings. The van der Waals surface area contributed by atoms with Crippen molar-refractivity contribution in [1.82, 2.24) is 5.32 Å². The first kappa shape index (κ1) is 16.9. The van der Waals surface area contributed by atoms with E-state index in [1.807, 2.05) is 54.6 Å². The van der Waals surface area contributed by atoms with Gasteiger partial charge in [-0.3, -0.25) is 4.79 Å². The molecule has 0 spiro atoms. The highest BCUT2D eigenvalue weighted by Gasteiger charge is 2.13. The number of benzene rings is 2. The molecule has 1 unspecified atom stereocenters. The monoisotopic (exact) mass is 335 g/mol. The minimum Gasteiger partial charge on any atom is -0.394 e. The number of hydrogen-bond donors (Lipinski definition) is 2. The Balaban J connectivity index is 1.78. The van der Waals surface area contributed by atoms with Gasteiger partial charge in [0, 0.05) is 10.8 Å². The van der Waals surface area contributed by atoms with Crippen LogP contribution in [-0.2, 0) is 10.5 Å². The van der Waals surface area contributed by atoms with Gasteiger partial charge in [0.2, 0.25) is 5.91 Å². The Bertz CT molecular complexity index is 589. The number of amides is 1. The van der Waals surface area contributed by atoms with Crippen molar-refractivity contribution in [2.45, 2.75) is 11.8 Å². The van der Waals surface area contributed by atoms with Crippen LogP contribution in [0, 0.1) is 0 Å². The highest BCUT2D eigenvalue weighted by atomic mass is 35.5. The summed E-state index contributed by atoms with van der Waals surface area (Å²) in [5, 5.41) is 13.0. The van der Waals surface area contributed by atoms with Gasteiger partial charge in [0.1, 0.15) is 0 Å². The summed E-state index contributed by atoms with van der Waals surface area (Å²) in [5.74, 6) is 1.02. The number of nitrogens with one attached hydrogen (secondary N) is 1. The minimum absolute atomic E-state index is 0.0816. The quantitative estimate of drug-likeness (QED) is 0.815. The van der Waals surface area contributed by atoms with E-state index in [2.05, 4.69) is 5.32 Å². The average molecular weight is 336 g/mol. The minimum atomic E-state index is -0.357. The van der Waals surface area contributed by atoms with Gasteiger partial charge < -0.3 is 10.4 Å². The van der Waals surface area contributed by atoms with E-state index in [0.717, 1.165) is 16.9 Å². The predicted molar refractivity (Wildman–Crippen MR) is 92.0 cm³/mol. The second-order valence-electron chi connectivity index (χ2n) is 4.83. The molecule has 0 bridgehead atoms. The Morgan fingerprint density at radius 2 is 1.82 bits per heavy atom. The van der Waals surface area contributed by atoms with Crippen LogP contribution in [0.4, 0.5) is 0 Å². The summed E-state index contributed by atoms with van der Waals surface area (Å²) in [7, 11) is 0. The number of carbonyl (C=O) groups is 1. The van der Waals surface area contributed by atoms with Crippen LogP contribution in [-0.4, -0.2) is 23.4 Å². The fourth-order valence-electron chi connectivity index (χ4n) is 2.00. The van der Waals surface area contributed by atoms with Crippen molar-refractivity contribution in [3.05, 3.63) is 70.7 Å². The van der Waals surface area contributed by atoms with Crippen LogP contribution in [0.2, 0.25) is 5.02 Å². The van der Waals surface area contributed by atoms with E-state index in [1.54, 1.807) is 0 Å².